The molecule has 0 spiro atoms. The second kappa shape index (κ2) is 12.9. The van der Waals surface area contributed by atoms with Crippen molar-refractivity contribution in [3.63, 3.8) is 0 Å². The number of rotatable bonds is 6. The second-order valence-electron chi connectivity index (χ2n) is 14.9. The predicted molar refractivity (Wildman–Crippen MR) is 241 cm³/mol. The van der Waals surface area contributed by atoms with Gasteiger partial charge in [-0.1, -0.05) is 140 Å². The number of fused-ring (bicyclic) bond motifs is 9. The minimum atomic E-state index is 0.826. The molecule has 0 amide bonds. The van der Waals surface area contributed by atoms with E-state index in [9.17, 15) is 0 Å². The molecule has 0 saturated carbocycles. The third-order valence-corrected chi connectivity index (χ3v) is 11.6. The first-order valence-corrected chi connectivity index (χ1v) is 19.7. The third-order valence-electron chi connectivity index (χ3n) is 11.6. The first-order chi connectivity index (χ1) is 28.8. The van der Waals surface area contributed by atoms with Gasteiger partial charge >= 0.3 is 0 Å². The fraction of sp³-hybridized carbons (Fsp3) is 0. The molecule has 0 bridgehead atoms. The van der Waals surface area contributed by atoms with E-state index in [2.05, 4.69) is 210 Å². The molecule has 58 heavy (non-hydrogen) atoms. The molecule has 0 radical (unpaired) electrons. The Morgan fingerprint density at radius 2 is 1.02 bits per heavy atom. The molecule has 0 N–H and O–H groups in total. The molecule has 0 aliphatic heterocycles. The van der Waals surface area contributed by atoms with Gasteiger partial charge in [0.15, 0.2) is 5.58 Å². The highest BCUT2D eigenvalue weighted by molar-refractivity contribution is 6.20. The average molecular weight is 743 g/mol. The normalized spacial score (nSPS) is 11.8. The maximum Gasteiger partial charge on any atom is 0.159 e. The highest BCUT2D eigenvalue weighted by Crippen LogP contribution is 2.49. The van der Waals surface area contributed by atoms with E-state index in [0.717, 1.165) is 99.9 Å². The average Bonchev–Trinajstić information content (AvgIpc) is 3.97. The van der Waals surface area contributed by atoms with Crippen molar-refractivity contribution in [1.82, 2.24) is 4.57 Å². The summed E-state index contributed by atoms with van der Waals surface area (Å²) in [6.45, 7) is 0. The van der Waals surface area contributed by atoms with E-state index >= 15 is 0 Å². The maximum atomic E-state index is 7.03. The zero-order valence-electron chi connectivity index (χ0n) is 31.3. The molecule has 0 fully saturated rings. The van der Waals surface area contributed by atoms with Crippen molar-refractivity contribution in [1.29, 1.82) is 0 Å². The van der Waals surface area contributed by atoms with Crippen LogP contribution in [0.1, 0.15) is 0 Å². The molecule has 0 atom stereocenters. The highest BCUT2D eigenvalue weighted by Gasteiger charge is 2.26. The zero-order chi connectivity index (χ0) is 38.2. The standard InChI is InChI=1S/C54H34N2O2/c1-4-15-35(16-5-1)37-27-29-45-51(33-37)58-54-40(36-17-6-2-7-18-36)31-32-47(52(45)54)56(48-25-14-23-44-43-22-11-13-26-50(43)57-53(44)48)39-28-30-42-41-21-10-12-24-46(41)55(49(42)34-39)38-19-8-3-9-20-38/h1-34H. The monoisotopic (exact) mass is 742 g/mol. The smallest absolute Gasteiger partial charge is 0.159 e. The number of aromatic nitrogens is 1. The van der Waals surface area contributed by atoms with E-state index in [1.807, 2.05) is 6.07 Å². The Hall–Kier alpha value is -7.82. The highest BCUT2D eigenvalue weighted by atomic mass is 16.3. The number of anilines is 3. The van der Waals surface area contributed by atoms with Crippen molar-refractivity contribution >= 4 is 82.7 Å². The van der Waals surface area contributed by atoms with Gasteiger partial charge in [0.05, 0.1) is 27.8 Å². The molecule has 3 heterocycles. The summed E-state index contributed by atoms with van der Waals surface area (Å²) < 4.78 is 16.2. The SMILES string of the molecule is c1ccc(-c2ccc3c(c2)oc2c(-c4ccccc4)ccc(N(c4ccc5c6ccccc6n(-c6ccccc6)c5c4)c4cccc5c4oc4ccccc45)c23)cc1. The molecule has 0 saturated heterocycles. The van der Waals surface area contributed by atoms with E-state index in [1.165, 1.54) is 10.8 Å². The molecule has 12 aromatic rings. The number of hydrogen-bond acceptors (Lipinski definition) is 3. The van der Waals surface area contributed by atoms with Gasteiger partial charge in [-0.2, -0.15) is 0 Å². The Labute approximate surface area is 334 Å². The van der Waals surface area contributed by atoms with Crippen molar-refractivity contribution in [3.05, 3.63) is 206 Å². The van der Waals surface area contributed by atoms with E-state index in [0.29, 0.717) is 0 Å². The first-order valence-electron chi connectivity index (χ1n) is 19.7. The van der Waals surface area contributed by atoms with Gasteiger partial charge in [-0.05, 0) is 83.4 Å². The van der Waals surface area contributed by atoms with Gasteiger partial charge in [-0.3, -0.25) is 0 Å². The van der Waals surface area contributed by atoms with Crippen molar-refractivity contribution in [2.24, 2.45) is 0 Å². The van der Waals surface area contributed by atoms with Crippen LogP contribution >= 0.6 is 0 Å². The minimum Gasteiger partial charge on any atom is -0.455 e. The Kier molecular flexibility index (Phi) is 7.20. The molecular formula is C54H34N2O2. The molecule has 4 heteroatoms. The summed E-state index contributed by atoms with van der Waals surface area (Å²) in [7, 11) is 0. The molecule has 4 nitrogen and oxygen atoms in total. The first kappa shape index (κ1) is 32.4. The Morgan fingerprint density at radius 3 is 1.84 bits per heavy atom. The van der Waals surface area contributed by atoms with E-state index in [-0.39, 0.29) is 0 Å². The third kappa shape index (κ3) is 4.95. The summed E-state index contributed by atoms with van der Waals surface area (Å²) in [6, 6.07) is 73.0. The van der Waals surface area contributed by atoms with Crippen LogP contribution in [0.2, 0.25) is 0 Å². The summed E-state index contributed by atoms with van der Waals surface area (Å²) in [5.74, 6) is 0. The van der Waals surface area contributed by atoms with Gasteiger partial charge < -0.3 is 18.3 Å². The van der Waals surface area contributed by atoms with Crippen LogP contribution < -0.4 is 4.90 Å². The van der Waals surface area contributed by atoms with Gasteiger partial charge in [0.2, 0.25) is 0 Å². The fourth-order valence-corrected chi connectivity index (χ4v) is 8.97. The molecule has 0 unspecified atom stereocenters. The van der Waals surface area contributed by atoms with Crippen LogP contribution in [-0.4, -0.2) is 4.57 Å². The lowest BCUT2D eigenvalue weighted by molar-refractivity contribution is 0.668. The summed E-state index contributed by atoms with van der Waals surface area (Å²) in [5.41, 5.74) is 14.1. The lowest BCUT2D eigenvalue weighted by atomic mass is 9.98. The van der Waals surface area contributed by atoms with Gasteiger partial charge in [0.25, 0.3) is 0 Å². The molecule has 0 aliphatic rings. The molecule has 272 valence electrons. The van der Waals surface area contributed by atoms with Crippen LogP contribution in [0.4, 0.5) is 17.1 Å². The van der Waals surface area contributed by atoms with Crippen LogP contribution in [0.15, 0.2) is 215 Å². The Bertz CT molecular complexity index is 3500. The number of furan rings is 2. The molecular weight excluding hydrogens is 709 g/mol. The van der Waals surface area contributed by atoms with Crippen molar-refractivity contribution in [3.8, 4) is 27.9 Å². The fourth-order valence-electron chi connectivity index (χ4n) is 8.97. The lowest BCUT2D eigenvalue weighted by Gasteiger charge is -2.27. The number of para-hydroxylation sites is 4. The van der Waals surface area contributed by atoms with Crippen molar-refractivity contribution < 1.29 is 8.83 Å². The van der Waals surface area contributed by atoms with Crippen LogP contribution in [0.3, 0.4) is 0 Å². The summed E-state index contributed by atoms with van der Waals surface area (Å²) in [6.07, 6.45) is 0. The van der Waals surface area contributed by atoms with Crippen LogP contribution in [0, 0.1) is 0 Å². The quantitative estimate of drug-likeness (QED) is 0.170. The van der Waals surface area contributed by atoms with Crippen molar-refractivity contribution in [2.75, 3.05) is 4.90 Å². The molecule has 9 aromatic carbocycles. The van der Waals surface area contributed by atoms with Crippen LogP contribution in [0.5, 0.6) is 0 Å². The Morgan fingerprint density at radius 1 is 0.362 bits per heavy atom. The van der Waals surface area contributed by atoms with E-state index < -0.39 is 0 Å². The predicted octanol–water partition coefficient (Wildman–Crippen LogP) is 15.4. The molecule has 3 aromatic heterocycles. The number of hydrogen-bond donors (Lipinski definition) is 0. The van der Waals surface area contributed by atoms with Gasteiger partial charge in [0.1, 0.15) is 16.7 Å². The minimum absolute atomic E-state index is 0.826. The maximum absolute atomic E-state index is 7.03. The molecule has 12 rings (SSSR count). The second-order valence-corrected chi connectivity index (χ2v) is 14.9. The van der Waals surface area contributed by atoms with Gasteiger partial charge in [0, 0.05) is 43.9 Å². The van der Waals surface area contributed by atoms with Crippen molar-refractivity contribution in [2.45, 2.75) is 0 Å². The largest absolute Gasteiger partial charge is 0.455 e. The number of benzene rings is 9. The topological polar surface area (TPSA) is 34.5 Å². The summed E-state index contributed by atoms with van der Waals surface area (Å²) in [5, 5.41) is 6.64. The number of nitrogens with zero attached hydrogens (tertiary/aromatic N) is 2. The van der Waals surface area contributed by atoms with Crippen LogP contribution in [0.25, 0.3) is 93.6 Å². The Balaban J connectivity index is 1.19. The summed E-state index contributed by atoms with van der Waals surface area (Å²) >= 11 is 0. The van der Waals surface area contributed by atoms with Gasteiger partial charge in [-0.15, -0.1) is 0 Å². The van der Waals surface area contributed by atoms with Crippen LogP contribution in [-0.2, 0) is 0 Å². The molecule has 0 aliphatic carbocycles. The van der Waals surface area contributed by atoms with E-state index in [1.54, 1.807) is 0 Å². The van der Waals surface area contributed by atoms with E-state index in [4.69, 9.17) is 8.83 Å². The summed E-state index contributed by atoms with van der Waals surface area (Å²) in [4.78, 5) is 2.37. The zero-order valence-corrected chi connectivity index (χ0v) is 31.3. The lowest BCUT2D eigenvalue weighted by Crippen LogP contribution is -2.11. The van der Waals surface area contributed by atoms with Gasteiger partial charge in [-0.25, -0.2) is 0 Å².